The third-order valence-electron chi connectivity index (χ3n) is 2.86. The van der Waals surface area contributed by atoms with E-state index < -0.39 is 10.8 Å². The van der Waals surface area contributed by atoms with Gasteiger partial charge in [0.05, 0.1) is 28.3 Å². The van der Waals surface area contributed by atoms with Crippen LogP contribution in [-0.2, 0) is 27.7 Å². The van der Waals surface area contributed by atoms with E-state index in [0.717, 1.165) is 36.6 Å². The zero-order valence-electron chi connectivity index (χ0n) is 10.2. The van der Waals surface area contributed by atoms with Gasteiger partial charge in [0.1, 0.15) is 0 Å². The highest BCUT2D eigenvalue weighted by atomic mass is 32.2. The summed E-state index contributed by atoms with van der Waals surface area (Å²) in [6.45, 7) is 2.92. The third kappa shape index (κ3) is 4.16. The van der Waals surface area contributed by atoms with Crippen LogP contribution in [0, 0.1) is 0 Å². The molecule has 1 aromatic heterocycles. The number of nitrogens with zero attached hydrogens (tertiary/aromatic N) is 1. The van der Waals surface area contributed by atoms with Crippen LogP contribution >= 0.6 is 11.3 Å². The van der Waals surface area contributed by atoms with Crippen molar-refractivity contribution in [1.82, 2.24) is 4.98 Å². The molecule has 0 saturated carbocycles. The number of aromatic nitrogens is 1. The molecule has 0 bridgehead atoms. The van der Waals surface area contributed by atoms with Crippen LogP contribution in [0.2, 0.25) is 0 Å². The van der Waals surface area contributed by atoms with Crippen LogP contribution in [-0.4, -0.2) is 27.7 Å². The second-order valence-corrected chi connectivity index (χ2v) is 6.77. The van der Waals surface area contributed by atoms with Crippen molar-refractivity contribution >= 4 is 22.1 Å². The molecule has 0 unspecified atom stereocenters. The highest BCUT2D eigenvalue weighted by Gasteiger charge is 2.17. The summed E-state index contributed by atoms with van der Waals surface area (Å²) in [5.41, 5.74) is 0.973. The van der Waals surface area contributed by atoms with Crippen LogP contribution in [0.1, 0.15) is 36.9 Å². The normalized spacial score (nSPS) is 22.5. The van der Waals surface area contributed by atoms with Crippen molar-refractivity contribution in [2.24, 2.45) is 0 Å². The molecule has 2 atom stereocenters. The van der Waals surface area contributed by atoms with Crippen LogP contribution < -0.4 is 0 Å². The number of aryl methyl sites for hydroxylation is 1. The smallest absolute Gasteiger partial charge is 0.0925 e. The quantitative estimate of drug-likeness (QED) is 0.827. The molecule has 0 aromatic carbocycles. The minimum absolute atomic E-state index is 0.203. The van der Waals surface area contributed by atoms with Gasteiger partial charge in [-0.1, -0.05) is 6.92 Å². The van der Waals surface area contributed by atoms with Gasteiger partial charge in [0.25, 0.3) is 0 Å². The fourth-order valence-corrected chi connectivity index (χ4v) is 4.07. The zero-order valence-corrected chi connectivity index (χ0v) is 11.8. The average Bonchev–Trinajstić information content (AvgIpc) is 2.78. The predicted octanol–water partition coefficient (Wildman–Crippen LogP) is 2.52. The Balaban J connectivity index is 1.79. The van der Waals surface area contributed by atoms with E-state index in [1.807, 2.05) is 5.38 Å². The highest BCUT2D eigenvalue weighted by Crippen LogP contribution is 2.16. The number of hydrogen-bond donors (Lipinski definition) is 0. The molecule has 0 radical (unpaired) electrons. The lowest BCUT2D eigenvalue weighted by Gasteiger charge is -2.21. The number of thiazole rings is 1. The van der Waals surface area contributed by atoms with Crippen LogP contribution in [0.15, 0.2) is 5.38 Å². The van der Waals surface area contributed by atoms with E-state index in [1.54, 1.807) is 11.3 Å². The molecule has 96 valence electrons. The van der Waals surface area contributed by atoms with Gasteiger partial charge in [-0.05, 0) is 25.7 Å². The molecule has 1 aliphatic heterocycles. The van der Waals surface area contributed by atoms with Gasteiger partial charge in [0.2, 0.25) is 0 Å². The summed E-state index contributed by atoms with van der Waals surface area (Å²) in [5, 5.41) is 3.16. The lowest BCUT2D eigenvalue weighted by atomic mass is 10.1. The molecule has 17 heavy (non-hydrogen) atoms. The van der Waals surface area contributed by atoms with E-state index in [-0.39, 0.29) is 6.10 Å². The molecule has 1 saturated heterocycles. The number of rotatable bonds is 5. The SMILES string of the molecule is CCc1nc(C[S@](=O)C[C@H]2CCCCO2)cs1. The van der Waals surface area contributed by atoms with Gasteiger partial charge in [0, 0.05) is 22.8 Å². The Morgan fingerprint density at radius 2 is 2.47 bits per heavy atom. The molecule has 1 fully saturated rings. The lowest BCUT2D eigenvalue weighted by molar-refractivity contribution is 0.0310. The molecule has 2 rings (SSSR count). The molecule has 0 spiro atoms. The molecular formula is C12H19NO2S2. The van der Waals surface area contributed by atoms with Gasteiger partial charge in [-0.2, -0.15) is 0 Å². The maximum atomic E-state index is 12.0. The lowest BCUT2D eigenvalue weighted by Crippen LogP contribution is -2.25. The van der Waals surface area contributed by atoms with Crippen LogP contribution in [0.5, 0.6) is 0 Å². The van der Waals surface area contributed by atoms with Crippen molar-refractivity contribution in [2.45, 2.75) is 44.5 Å². The first-order valence-electron chi connectivity index (χ1n) is 6.17. The summed E-state index contributed by atoms with van der Waals surface area (Å²) in [4.78, 5) is 4.45. The molecule has 0 amide bonds. The summed E-state index contributed by atoms with van der Waals surface area (Å²) >= 11 is 1.66. The molecule has 1 aromatic rings. The van der Waals surface area contributed by atoms with Crippen LogP contribution in [0.4, 0.5) is 0 Å². The van der Waals surface area contributed by atoms with Crippen LogP contribution in [0.3, 0.4) is 0 Å². The Hall–Kier alpha value is -0.260. The summed E-state index contributed by atoms with van der Waals surface area (Å²) < 4.78 is 17.6. The third-order valence-corrected chi connectivity index (χ3v) is 5.26. The van der Waals surface area contributed by atoms with Crippen molar-refractivity contribution in [3.05, 3.63) is 16.1 Å². The maximum Gasteiger partial charge on any atom is 0.0925 e. The van der Waals surface area contributed by atoms with Crippen molar-refractivity contribution < 1.29 is 8.95 Å². The fourth-order valence-electron chi connectivity index (χ4n) is 1.95. The van der Waals surface area contributed by atoms with E-state index in [0.29, 0.717) is 11.5 Å². The molecule has 1 aliphatic rings. The van der Waals surface area contributed by atoms with E-state index >= 15 is 0 Å². The van der Waals surface area contributed by atoms with Crippen molar-refractivity contribution in [2.75, 3.05) is 12.4 Å². The second kappa shape index (κ2) is 6.61. The van der Waals surface area contributed by atoms with E-state index in [1.165, 1.54) is 6.42 Å². The predicted molar refractivity (Wildman–Crippen MR) is 71.8 cm³/mol. The largest absolute Gasteiger partial charge is 0.377 e. The summed E-state index contributed by atoms with van der Waals surface area (Å²) in [6, 6.07) is 0. The Morgan fingerprint density at radius 1 is 1.59 bits per heavy atom. The Labute approximate surface area is 109 Å². The molecule has 0 N–H and O–H groups in total. The van der Waals surface area contributed by atoms with E-state index in [2.05, 4.69) is 11.9 Å². The summed E-state index contributed by atoms with van der Waals surface area (Å²) in [7, 11) is -0.838. The first kappa shape index (κ1) is 13.2. The Morgan fingerprint density at radius 3 is 3.12 bits per heavy atom. The fraction of sp³-hybridized carbons (Fsp3) is 0.750. The molecule has 2 heterocycles. The Kier molecular flexibility index (Phi) is 5.13. The minimum atomic E-state index is -0.838. The van der Waals surface area contributed by atoms with E-state index in [4.69, 9.17) is 4.74 Å². The van der Waals surface area contributed by atoms with E-state index in [9.17, 15) is 4.21 Å². The highest BCUT2D eigenvalue weighted by molar-refractivity contribution is 7.84. The van der Waals surface area contributed by atoms with Gasteiger partial charge in [-0.25, -0.2) is 4.98 Å². The zero-order chi connectivity index (χ0) is 12.1. The molecule has 5 heteroatoms. The molecule has 3 nitrogen and oxygen atoms in total. The second-order valence-electron chi connectivity index (χ2n) is 4.33. The van der Waals surface area contributed by atoms with Gasteiger partial charge < -0.3 is 4.74 Å². The van der Waals surface area contributed by atoms with Crippen molar-refractivity contribution in [1.29, 1.82) is 0 Å². The monoisotopic (exact) mass is 273 g/mol. The summed E-state index contributed by atoms with van der Waals surface area (Å²) in [5.74, 6) is 1.25. The van der Waals surface area contributed by atoms with Crippen molar-refractivity contribution in [3.8, 4) is 0 Å². The van der Waals surface area contributed by atoms with Crippen molar-refractivity contribution in [3.63, 3.8) is 0 Å². The van der Waals surface area contributed by atoms with Gasteiger partial charge in [0.15, 0.2) is 0 Å². The molecular weight excluding hydrogens is 254 g/mol. The maximum absolute atomic E-state index is 12.0. The van der Waals surface area contributed by atoms with Gasteiger partial charge in [-0.15, -0.1) is 11.3 Å². The first-order valence-corrected chi connectivity index (χ1v) is 8.54. The Bertz CT molecular complexity index is 372. The first-order chi connectivity index (χ1) is 8.28. The average molecular weight is 273 g/mol. The summed E-state index contributed by atoms with van der Waals surface area (Å²) in [6.07, 6.45) is 4.58. The number of hydrogen-bond acceptors (Lipinski definition) is 4. The van der Waals surface area contributed by atoms with Crippen LogP contribution in [0.25, 0.3) is 0 Å². The van der Waals surface area contributed by atoms with Gasteiger partial charge in [-0.3, -0.25) is 4.21 Å². The standard InChI is InChI=1S/C12H19NO2S2/c1-2-12-13-10(7-16-12)8-17(14)9-11-5-3-4-6-15-11/h7,11H,2-6,8-9H2,1H3/t11-,17+/m1/s1. The van der Waals surface area contributed by atoms with Gasteiger partial charge >= 0.3 is 0 Å². The molecule has 0 aliphatic carbocycles. The topological polar surface area (TPSA) is 39.2 Å². The number of ether oxygens (including phenoxy) is 1. The minimum Gasteiger partial charge on any atom is -0.377 e.